The van der Waals surface area contributed by atoms with Gasteiger partial charge in [-0.3, -0.25) is 9.69 Å². The molecule has 2 aromatic rings. The number of sulfonamides is 1. The number of carbonyl (C=O) groups is 1. The van der Waals surface area contributed by atoms with Crippen molar-refractivity contribution < 1.29 is 22.7 Å². The molecule has 2 heterocycles. The van der Waals surface area contributed by atoms with Crippen molar-refractivity contribution in [1.29, 1.82) is 0 Å². The molecule has 7 nitrogen and oxygen atoms in total. The van der Waals surface area contributed by atoms with Crippen LogP contribution < -0.4 is 4.74 Å². The average molecular weight is 497 g/mol. The average Bonchev–Trinajstić information content (AvgIpc) is 3.16. The zero-order valence-corrected chi connectivity index (χ0v) is 21.3. The fourth-order valence-electron chi connectivity index (χ4n) is 7.60. The second-order valence-electron chi connectivity index (χ2n) is 10.6. The number of hydrogen-bond donors (Lipinski definition) is 0. The van der Waals surface area contributed by atoms with E-state index in [0.717, 1.165) is 36.3 Å². The van der Waals surface area contributed by atoms with Gasteiger partial charge in [-0.25, -0.2) is 8.42 Å². The number of carbonyl (C=O) groups excluding carboxylic acids is 1. The lowest BCUT2D eigenvalue weighted by molar-refractivity contribution is -0.218. The van der Waals surface area contributed by atoms with Crippen molar-refractivity contribution in [2.75, 3.05) is 20.6 Å². The van der Waals surface area contributed by atoms with E-state index in [1.807, 2.05) is 42.5 Å². The third kappa shape index (κ3) is 3.09. The van der Waals surface area contributed by atoms with Gasteiger partial charge in [-0.15, -0.1) is 0 Å². The van der Waals surface area contributed by atoms with E-state index < -0.39 is 27.1 Å². The Bertz CT molecular complexity index is 1280. The van der Waals surface area contributed by atoms with Gasteiger partial charge in [0.15, 0.2) is 0 Å². The topological polar surface area (TPSA) is 76.1 Å². The second-order valence-corrected chi connectivity index (χ2v) is 12.6. The molecule has 2 unspecified atom stereocenters. The predicted octanol–water partition coefficient (Wildman–Crippen LogP) is 2.87. The van der Waals surface area contributed by atoms with E-state index in [0.29, 0.717) is 12.8 Å². The van der Waals surface area contributed by atoms with Crippen LogP contribution in [-0.2, 0) is 37.1 Å². The summed E-state index contributed by atoms with van der Waals surface area (Å²) in [6, 6.07) is 15.1. The summed E-state index contributed by atoms with van der Waals surface area (Å²) in [5.74, 6) is 0.465. The van der Waals surface area contributed by atoms with Crippen LogP contribution in [0.15, 0.2) is 48.5 Å². The fourth-order valence-corrected chi connectivity index (χ4v) is 9.04. The maximum absolute atomic E-state index is 13.6. The first kappa shape index (κ1) is 23.0. The molecule has 1 spiro atoms. The van der Waals surface area contributed by atoms with E-state index in [4.69, 9.17) is 9.47 Å². The van der Waals surface area contributed by atoms with Gasteiger partial charge in [0.25, 0.3) is 0 Å². The van der Waals surface area contributed by atoms with Crippen molar-refractivity contribution in [3.8, 4) is 5.75 Å². The molecule has 2 bridgehead atoms. The molecule has 0 N–H and O–H groups in total. The molecule has 6 rings (SSSR count). The maximum atomic E-state index is 13.6. The van der Waals surface area contributed by atoms with Crippen LogP contribution in [0.25, 0.3) is 0 Å². The van der Waals surface area contributed by atoms with Gasteiger partial charge in [0.1, 0.15) is 17.5 Å². The lowest BCUT2D eigenvalue weighted by atomic mass is 9.48. The Labute approximate surface area is 207 Å². The highest BCUT2D eigenvalue weighted by Gasteiger charge is 2.75. The summed E-state index contributed by atoms with van der Waals surface area (Å²) in [7, 11) is 0.186. The van der Waals surface area contributed by atoms with E-state index >= 15 is 0 Å². The van der Waals surface area contributed by atoms with E-state index in [1.54, 1.807) is 7.05 Å². The second kappa shape index (κ2) is 7.79. The highest BCUT2D eigenvalue weighted by Crippen LogP contribution is 2.65. The molecule has 0 aromatic heterocycles. The Morgan fingerprint density at radius 2 is 1.94 bits per heavy atom. The molecule has 35 heavy (non-hydrogen) atoms. The van der Waals surface area contributed by atoms with Crippen LogP contribution in [-0.4, -0.2) is 68.0 Å². The van der Waals surface area contributed by atoms with Crippen LogP contribution in [0.1, 0.15) is 42.9 Å². The van der Waals surface area contributed by atoms with Crippen LogP contribution in [0.5, 0.6) is 5.75 Å². The normalized spacial score (nSPS) is 33.2. The zero-order valence-electron chi connectivity index (χ0n) is 20.4. The lowest BCUT2D eigenvalue weighted by Gasteiger charge is -2.65. The first-order chi connectivity index (χ1) is 16.7. The number of hydrogen-bond acceptors (Lipinski definition) is 6. The number of benzene rings is 2. The van der Waals surface area contributed by atoms with E-state index in [2.05, 4.69) is 18.0 Å². The summed E-state index contributed by atoms with van der Waals surface area (Å²) in [5, 5.41) is 0. The molecule has 1 saturated carbocycles. The number of piperidine rings is 1. The smallest absolute Gasteiger partial charge is 0.303 e. The van der Waals surface area contributed by atoms with Gasteiger partial charge in [-0.2, -0.15) is 4.31 Å². The summed E-state index contributed by atoms with van der Waals surface area (Å²) < 4.78 is 41.7. The summed E-state index contributed by atoms with van der Waals surface area (Å²) >= 11 is 0. The zero-order chi connectivity index (χ0) is 24.6. The molecule has 186 valence electrons. The number of ether oxygens (including phenoxy) is 2. The van der Waals surface area contributed by atoms with Gasteiger partial charge in [0, 0.05) is 19.5 Å². The molecule has 4 aliphatic rings. The third-order valence-electron chi connectivity index (χ3n) is 8.98. The van der Waals surface area contributed by atoms with Crippen LogP contribution in [0.2, 0.25) is 0 Å². The molecule has 5 atom stereocenters. The Morgan fingerprint density at radius 1 is 1.17 bits per heavy atom. The summed E-state index contributed by atoms with van der Waals surface area (Å²) in [6.07, 6.45) is 2.30. The van der Waals surface area contributed by atoms with Gasteiger partial charge >= 0.3 is 5.97 Å². The molecule has 0 radical (unpaired) electrons. The van der Waals surface area contributed by atoms with Crippen molar-refractivity contribution in [1.82, 2.24) is 9.21 Å². The quantitative estimate of drug-likeness (QED) is 0.593. The monoisotopic (exact) mass is 496 g/mol. The molecule has 1 saturated heterocycles. The fraction of sp³-hybridized carbons (Fsp3) is 0.519. The van der Waals surface area contributed by atoms with Crippen molar-refractivity contribution in [2.45, 2.75) is 67.6 Å². The molecule has 0 amide bonds. The standard InChI is InChI=1S/C27H32N2O5S/c1-18(30)34-27-13-12-21(29(3)35(31,32)17-19-8-5-4-6-9-19)25-26(27)14-15-28(2)23(27)16-20-10-7-11-22(33-25)24(20)26/h4-11,21,23,25H,12-17H2,1-3H3/t21?,23-,25?,26+,27-/m1/s1. The van der Waals surface area contributed by atoms with E-state index in [-0.39, 0.29) is 23.8 Å². The molecule has 2 aliphatic heterocycles. The largest absolute Gasteiger partial charge is 0.487 e. The highest BCUT2D eigenvalue weighted by molar-refractivity contribution is 7.88. The maximum Gasteiger partial charge on any atom is 0.303 e. The molecule has 2 fully saturated rings. The van der Waals surface area contributed by atoms with Crippen LogP contribution in [0.3, 0.4) is 0 Å². The van der Waals surface area contributed by atoms with Gasteiger partial charge in [-0.1, -0.05) is 42.5 Å². The number of nitrogens with zero attached hydrogens (tertiary/aromatic N) is 2. The Balaban J connectivity index is 1.46. The molecule has 2 aliphatic carbocycles. The van der Waals surface area contributed by atoms with Gasteiger partial charge in [0.2, 0.25) is 10.0 Å². The van der Waals surface area contributed by atoms with Crippen molar-refractivity contribution in [2.24, 2.45) is 0 Å². The van der Waals surface area contributed by atoms with Crippen LogP contribution >= 0.6 is 0 Å². The minimum atomic E-state index is -3.60. The Kier molecular flexibility index (Phi) is 5.12. The van der Waals surface area contributed by atoms with Gasteiger partial charge in [-0.05, 0) is 56.5 Å². The Morgan fingerprint density at radius 3 is 2.69 bits per heavy atom. The number of esters is 1. The number of likely N-dealkylation sites (N-methyl/N-ethyl adjacent to an activating group) is 2. The number of likely N-dealkylation sites (tertiary alicyclic amines) is 1. The first-order valence-electron chi connectivity index (χ1n) is 12.4. The van der Waals surface area contributed by atoms with Gasteiger partial charge in [0.05, 0.1) is 23.3 Å². The van der Waals surface area contributed by atoms with Crippen LogP contribution in [0.4, 0.5) is 0 Å². The van der Waals surface area contributed by atoms with Crippen molar-refractivity contribution >= 4 is 16.0 Å². The van der Waals surface area contributed by atoms with E-state index in [1.165, 1.54) is 16.8 Å². The predicted molar refractivity (Wildman–Crippen MR) is 132 cm³/mol. The molecule has 8 heteroatoms. The van der Waals surface area contributed by atoms with Crippen LogP contribution in [0, 0.1) is 0 Å². The minimum absolute atomic E-state index is 0.0271. The number of rotatable bonds is 5. The molecule has 2 aromatic carbocycles. The summed E-state index contributed by atoms with van der Waals surface area (Å²) in [5.41, 5.74) is 1.81. The summed E-state index contributed by atoms with van der Waals surface area (Å²) in [4.78, 5) is 14.8. The minimum Gasteiger partial charge on any atom is -0.487 e. The SMILES string of the molecule is CC(=O)O[C@@]12CCC(N(C)S(=O)(=O)Cc3ccccc3)C3Oc4cccc5c4[C@@]31CCN(C)[C@@H]2C5. The lowest BCUT2D eigenvalue weighted by Crippen LogP contribution is -2.78. The molecular formula is C27H32N2O5S. The van der Waals surface area contributed by atoms with Gasteiger partial charge < -0.3 is 9.47 Å². The van der Waals surface area contributed by atoms with Crippen molar-refractivity contribution in [3.05, 3.63) is 65.2 Å². The highest BCUT2D eigenvalue weighted by atomic mass is 32.2. The third-order valence-corrected chi connectivity index (χ3v) is 10.8. The first-order valence-corrected chi connectivity index (χ1v) is 14.0. The van der Waals surface area contributed by atoms with E-state index in [9.17, 15) is 13.2 Å². The molecular weight excluding hydrogens is 464 g/mol. The van der Waals surface area contributed by atoms with Crippen molar-refractivity contribution in [3.63, 3.8) is 0 Å². The summed E-state index contributed by atoms with van der Waals surface area (Å²) in [6.45, 7) is 2.32. The Hall–Kier alpha value is -2.42.